The predicted octanol–water partition coefficient (Wildman–Crippen LogP) is 2.70. The largest absolute Gasteiger partial charge is 0.477 e. The Labute approximate surface area is 161 Å². The molecule has 8 heteroatoms. The molecule has 2 aromatic rings. The van der Waals surface area contributed by atoms with Crippen LogP contribution in [-0.2, 0) is 9.59 Å². The van der Waals surface area contributed by atoms with Crippen molar-refractivity contribution in [3.05, 3.63) is 54.1 Å². The van der Waals surface area contributed by atoms with E-state index >= 15 is 0 Å². The minimum absolute atomic E-state index is 0.145. The number of amides is 2. The fourth-order valence-corrected chi connectivity index (χ4v) is 2.91. The number of fused-ring (bicyclic) bond motifs is 1. The van der Waals surface area contributed by atoms with Crippen LogP contribution in [-0.4, -0.2) is 37.6 Å². The number of benzene rings is 2. The van der Waals surface area contributed by atoms with Gasteiger partial charge in [-0.2, -0.15) is 0 Å². The lowest BCUT2D eigenvalue weighted by atomic mass is 10.1. The molecule has 3 rings (SSSR count). The van der Waals surface area contributed by atoms with Crippen molar-refractivity contribution in [1.29, 1.82) is 0 Å². The molecule has 0 aliphatic carbocycles. The fourth-order valence-electron chi connectivity index (χ4n) is 2.91. The highest BCUT2D eigenvalue weighted by Gasteiger charge is 2.31. The minimum atomic E-state index is -0.778. The molecule has 6 nitrogen and oxygen atoms in total. The molecule has 0 fully saturated rings. The molecular formula is C20H21F2N3O3. The van der Waals surface area contributed by atoms with Crippen LogP contribution in [0.25, 0.3) is 0 Å². The Bertz CT molecular complexity index is 876. The van der Waals surface area contributed by atoms with Crippen molar-refractivity contribution in [3.8, 4) is 5.75 Å². The molecular weight excluding hydrogens is 368 g/mol. The minimum Gasteiger partial charge on any atom is -0.477 e. The van der Waals surface area contributed by atoms with Crippen LogP contribution >= 0.6 is 0 Å². The molecule has 1 atom stereocenters. The lowest BCUT2D eigenvalue weighted by molar-refractivity contribution is -0.128. The molecule has 0 spiro atoms. The number of para-hydroxylation sites is 2. The summed E-state index contributed by atoms with van der Waals surface area (Å²) in [4.78, 5) is 26.4. The lowest BCUT2D eigenvalue weighted by Crippen LogP contribution is -2.50. The number of carbonyl (C=O) groups is 2. The van der Waals surface area contributed by atoms with E-state index in [0.717, 1.165) is 24.6 Å². The number of hydrogen-bond donors (Lipinski definition) is 2. The van der Waals surface area contributed by atoms with Gasteiger partial charge in [0.1, 0.15) is 17.4 Å². The van der Waals surface area contributed by atoms with Crippen LogP contribution in [0.2, 0.25) is 0 Å². The Morgan fingerprint density at radius 3 is 2.79 bits per heavy atom. The summed E-state index contributed by atoms with van der Waals surface area (Å²) in [7, 11) is 0. The van der Waals surface area contributed by atoms with E-state index in [1.54, 1.807) is 29.2 Å². The Morgan fingerprint density at radius 1 is 1.21 bits per heavy atom. The van der Waals surface area contributed by atoms with Crippen molar-refractivity contribution >= 4 is 23.2 Å². The van der Waals surface area contributed by atoms with Crippen molar-refractivity contribution in [1.82, 2.24) is 5.32 Å². The molecule has 1 aliphatic rings. The third-order valence-corrected chi connectivity index (χ3v) is 4.24. The predicted molar refractivity (Wildman–Crippen MR) is 101 cm³/mol. The van der Waals surface area contributed by atoms with E-state index < -0.39 is 23.6 Å². The number of hydrogen-bond acceptors (Lipinski definition) is 4. The normalized spacial score (nSPS) is 15.4. The Hall–Kier alpha value is -3.16. The first-order valence-corrected chi connectivity index (χ1v) is 9.01. The van der Waals surface area contributed by atoms with Crippen molar-refractivity contribution in [2.24, 2.45) is 0 Å². The Balaban J connectivity index is 1.74. The van der Waals surface area contributed by atoms with Crippen LogP contribution in [0.15, 0.2) is 42.5 Å². The quantitative estimate of drug-likeness (QED) is 0.797. The van der Waals surface area contributed by atoms with E-state index in [-0.39, 0.29) is 24.7 Å². The number of ether oxygens (including phenoxy) is 1. The zero-order chi connectivity index (χ0) is 20.1. The van der Waals surface area contributed by atoms with Gasteiger partial charge in [-0.25, -0.2) is 8.78 Å². The first-order valence-electron chi connectivity index (χ1n) is 9.01. The van der Waals surface area contributed by atoms with Gasteiger partial charge in [0.05, 0.1) is 24.5 Å². The molecule has 0 radical (unpaired) electrons. The summed E-state index contributed by atoms with van der Waals surface area (Å²) in [5.74, 6) is -1.70. The van der Waals surface area contributed by atoms with Gasteiger partial charge in [-0.05, 0) is 30.7 Å². The van der Waals surface area contributed by atoms with Crippen molar-refractivity contribution in [2.45, 2.75) is 19.4 Å². The number of carbonyl (C=O) groups excluding carboxylic acids is 2. The van der Waals surface area contributed by atoms with Crippen molar-refractivity contribution in [2.75, 3.05) is 29.9 Å². The number of rotatable bonds is 6. The summed E-state index contributed by atoms with van der Waals surface area (Å²) in [6.07, 6.45) is 0.0144. The van der Waals surface area contributed by atoms with Crippen LogP contribution < -0.4 is 20.3 Å². The molecule has 0 saturated heterocycles. The fraction of sp³-hybridized carbons (Fsp3) is 0.300. The Kier molecular flexibility index (Phi) is 6.08. The summed E-state index contributed by atoms with van der Waals surface area (Å²) < 4.78 is 32.8. The van der Waals surface area contributed by atoms with Crippen molar-refractivity contribution < 1.29 is 23.1 Å². The standard InChI is InChI=1S/C20H21F2N3O3/c1-2-9-23-20(27)18-11-25(16-5-3-4-6-17(16)28-18)12-19(26)24-15-10-13(21)7-8-14(15)22/h3-8,10,18H,2,9,11-12H2,1H3,(H,23,27)(H,24,26)/t18-/m0/s1. The zero-order valence-electron chi connectivity index (χ0n) is 15.4. The SMILES string of the molecule is CCCNC(=O)[C@@H]1CN(CC(=O)Nc2cc(F)ccc2F)c2ccccc2O1. The van der Waals surface area contributed by atoms with Gasteiger partial charge < -0.3 is 20.3 Å². The summed E-state index contributed by atoms with van der Waals surface area (Å²) in [5, 5.41) is 5.15. The first-order chi connectivity index (χ1) is 13.5. The highest BCUT2D eigenvalue weighted by molar-refractivity contribution is 5.95. The van der Waals surface area contributed by atoms with Crippen LogP contribution in [0.3, 0.4) is 0 Å². The van der Waals surface area contributed by atoms with Gasteiger partial charge in [0.25, 0.3) is 5.91 Å². The van der Waals surface area contributed by atoms with Crippen LogP contribution in [0.1, 0.15) is 13.3 Å². The molecule has 1 aliphatic heterocycles. The number of nitrogens with one attached hydrogen (secondary N) is 2. The molecule has 2 amide bonds. The smallest absolute Gasteiger partial charge is 0.262 e. The van der Waals surface area contributed by atoms with Gasteiger partial charge in [-0.15, -0.1) is 0 Å². The molecule has 0 bridgehead atoms. The van der Waals surface area contributed by atoms with E-state index in [1.807, 2.05) is 6.92 Å². The van der Waals surface area contributed by atoms with Crippen LogP contribution in [0.5, 0.6) is 5.75 Å². The average molecular weight is 389 g/mol. The molecule has 1 heterocycles. The molecule has 0 aromatic heterocycles. The maximum Gasteiger partial charge on any atom is 0.262 e. The molecule has 148 valence electrons. The van der Waals surface area contributed by atoms with Gasteiger partial charge in [-0.1, -0.05) is 19.1 Å². The molecule has 0 unspecified atom stereocenters. The van der Waals surface area contributed by atoms with Crippen molar-refractivity contribution in [3.63, 3.8) is 0 Å². The molecule has 28 heavy (non-hydrogen) atoms. The van der Waals surface area contributed by atoms with E-state index in [9.17, 15) is 18.4 Å². The maximum absolute atomic E-state index is 13.8. The second kappa shape index (κ2) is 8.69. The van der Waals surface area contributed by atoms with Crippen LogP contribution in [0, 0.1) is 11.6 Å². The average Bonchev–Trinajstić information content (AvgIpc) is 2.68. The number of anilines is 2. The molecule has 2 aromatic carbocycles. The van der Waals surface area contributed by atoms with E-state index in [2.05, 4.69) is 10.6 Å². The molecule has 0 saturated carbocycles. The monoisotopic (exact) mass is 389 g/mol. The number of halogens is 2. The van der Waals surface area contributed by atoms with E-state index in [1.165, 1.54) is 0 Å². The number of nitrogens with zero attached hydrogens (tertiary/aromatic N) is 1. The highest BCUT2D eigenvalue weighted by Crippen LogP contribution is 2.33. The third-order valence-electron chi connectivity index (χ3n) is 4.24. The zero-order valence-corrected chi connectivity index (χ0v) is 15.4. The summed E-state index contributed by atoms with van der Waals surface area (Å²) in [5.41, 5.74) is 0.417. The maximum atomic E-state index is 13.8. The van der Waals surface area contributed by atoms with Gasteiger partial charge in [0.15, 0.2) is 6.10 Å². The van der Waals surface area contributed by atoms with Gasteiger partial charge >= 0.3 is 0 Å². The van der Waals surface area contributed by atoms with Crippen LogP contribution in [0.4, 0.5) is 20.2 Å². The second-order valence-corrected chi connectivity index (χ2v) is 6.42. The topological polar surface area (TPSA) is 70.7 Å². The lowest BCUT2D eigenvalue weighted by Gasteiger charge is -2.35. The van der Waals surface area contributed by atoms with Gasteiger partial charge in [0, 0.05) is 12.6 Å². The third kappa shape index (κ3) is 4.57. The summed E-state index contributed by atoms with van der Waals surface area (Å²) in [6, 6.07) is 9.88. The first kappa shape index (κ1) is 19.6. The van der Waals surface area contributed by atoms with Gasteiger partial charge in [-0.3, -0.25) is 9.59 Å². The summed E-state index contributed by atoms with van der Waals surface area (Å²) >= 11 is 0. The highest BCUT2D eigenvalue weighted by atomic mass is 19.1. The van der Waals surface area contributed by atoms with Gasteiger partial charge in [0.2, 0.25) is 5.91 Å². The Morgan fingerprint density at radius 2 is 2.00 bits per heavy atom. The summed E-state index contributed by atoms with van der Waals surface area (Å²) in [6.45, 7) is 2.48. The van der Waals surface area contributed by atoms with E-state index in [4.69, 9.17) is 4.74 Å². The molecule has 2 N–H and O–H groups in total. The second-order valence-electron chi connectivity index (χ2n) is 6.42. The van der Waals surface area contributed by atoms with E-state index in [0.29, 0.717) is 18.0 Å².